The third-order valence-corrected chi connectivity index (χ3v) is 3.39. The van der Waals surface area contributed by atoms with Crippen LogP contribution < -0.4 is 15.8 Å². The molecule has 0 amide bonds. The fourth-order valence-corrected chi connectivity index (χ4v) is 2.24. The van der Waals surface area contributed by atoms with E-state index in [1.165, 1.54) is 11.1 Å². The van der Waals surface area contributed by atoms with Crippen molar-refractivity contribution in [1.29, 1.82) is 0 Å². The Morgan fingerprint density at radius 2 is 1.74 bits per heavy atom. The quantitative estimate of drug-likeness (QED) is 0.636. The highest BCUT2D eigenvalue weighted by atomic mass is 16.5. The van der Waals surface area contributed by atoms with Crippen LogP contribution in [0.3, 0.4) is 0 Å². The summed E-state index contributed by atoms with van der Waals surface area (Å²) in [6, 6.07) is 15.8. The van der Waals surface area contributed by atoms with Crippen LogP contribution in [0.2, 0.25) is 0 Å². The van der Waals surface area contributed by atoms with E-state index in [9.17, 15) is 0 Å². The molecule has 0 radical (unpaired) electrons. The molecule has 0 bridgehead atoms. The minimum absolute atomic E-state index is 0.398. The van der Waals surface area contributed by atoms with Gasteiger partial charge in [0.1, 0.15) is 5.75 Å². The third kappa shape index (κ3) is 5.30. The zero-order chi connectivity index (χ0) is 16.7. The molecule has 0 saturated carbocycles. The maximum atomic E-state index is 5.97. The van der Waals surface area contributed by atoms with E-state index >= 15 is 0 Å². The summed E-state index contributed by atoms with van der Waals surface area (Å²) >= 11 is 0. The molecule has 5 nitrogen and oxygen atoms in total. The SMILES string of the molecule is COc1ccc(NC(N)=NCc2ccccc2CN(C)C)cc1. The van der Waals surface area contributed by atoms with Crippen LogP contribution >= 0.6 is 0 Å². The molecule has 0 spiro atoms. The Labute approximate surface area is 137 Å². The third-order valence-electron chi connectivity index (χ3n) is 3.39. The summed E-state index contributed by atoms with van der Waals surface area (Å²) < 4.78 is 5.13. The molecule has 2 aromatic rings. The van der Waals surface area contributed by atoms with Gasteiger partial charge in [0.05, 0.1) is 13.7 Å². The minimum atomic E-state index is 0.398. The fourth-order valence-electron chi connectivity index (χ4n) is 2.24. The van der Waals surface area contributed by atoms with Crippen LogP contribution in [0.4, 0.5) is 5.69 Å². The van der Waals surface area contributed by atoms with Crippen molar-refractivity contribution in [3.05, 3.63) is 59.7 Å². The normalized spacial score (nSPS) is 11.6. The van der Waals surface area contributed by atoms with Crippen molar-refractivity contribution in [3.63, 3.8) is 0 Å². The molecular formula is C18H24N4O. The number of benzene rings is 2. The van der Waals surface area contributed by atoms with Crippen LogP contribution in [0.5, 0.6) is 5.75 Å². The van der Waals surface area contributed by atoms with Gasteiger partial charge in [0, 0.05) is 12.2 Å². The zero-order valence-electron chi connectivity index (χ0n) is 13.9. The van der Waals surface area contributed by atoms with E-state index in [4.69, 9.17) is 10.5 Å². The highest BCUT2D eigenvalue weighted by Crippen LogP contribution is 2.15. The standard InChI is InChI=1S/C18H24N4O/c1-22(2)13-15-7-5-4-6-14(15)12-20-18(19)21-16-8-10-17(23-3)11-9-16/h4-11H,12-13H2,1-3H3,(H3,19,20,21). The second-order valence-electron chi connectivity index (χ2n) is 5.56. The minimum Gasteiger partial charge on any atom is -0.497 e. The Morgan fingerprint density at radius 1 is 1.09 bits per heavy atom. The summed E-state index contributed by atoms with van der Waals surface area (Å²) in [6.07, 6.45) is 0. The molecular weight excluding hydrogens is 288 g/mol. The summed E-state index contributed by atoms with van der Waals surface area (Å²) in [5.74, 6) is 1.21. The predicted molar refractivity (Wildman–Crippen MR) is 95.8 cm³/mol. The summed E-state index contributed by atoms with van der Waals surface area (Å²) in [5, 5.41) is 3.09. The molecule has 0 aliphatic carbocycles. The van der Waals surface area contributed by atoms with Gasteiger partial charge < -0.3 is 20.7 Å². The van der Waals surface area contributed by atoms with Gasteiger partial charge in [-0.15, -0.1) is 0 Å². The number of nitrogens with zero attached hydrogens (tertiary/aromatic N) is 2. The van der Waals surface area contributed by atoms with Crippen molar-refractivity contribution in [3.8, 4) is 5.75 Å². The number of hydrogen-bond donors (Lipinski definition) is 2. The van der Waals surface area contributed by atoms with Gasteiger partial charge in [-0.1, -0.05) is 24.3 Å². The summed E-state index contributed by atoms with van der Waals surface area (Å²) in [6.45, 7) is 1.44. The Balaban J connectivity index is 2.01. The first-order valence-electron chi connectivity index (χ1n) is 7.51. The van der Waals surface area contributed by atoms with Gasteiger partial charge >= 0.3 is 0 Å². The number of anilines is 1. The number of ether oxygens (including phenoxy) is 1. The average Bonchev–Trinajstić information content (AvgIpc) is 2.54. The highest BCUT2D eigenvalue weighted by molar-refractivity contribution is 5.92. The van der Waals surface area contributed by atoms with E-state index in [-0.39, 0.29) is 0 Å². The largest absolute Gasteiger partial charge is 0.497 e. The van der Waals surface area contributed by atoms with Gasteiger partial charge in [0.2, 0.25) is 0 Å². The van der Waals surface area contributed by atoms with Crippen LogP contribution in [0, 0.1) is 0 Å². The molecule has 23 heavy (non-hydrogen) atoms. The van der Waals surface area contributed by atoms with Crippen molar-refractivity contribution in [2.45, 2.75) is 13.1 Å². The Hall–Kier alpha value is -2.53. The molecule has 0 aromatic heterocycles. The molecule has 0 unspecified atom stereocenters. The first kappa shape index (κ1) is 16.8. The first-order chi connectivity index (χ1) is 11.1. The molecule has 0 saturated heterocycles. The van der Waals surface area contributed by atoms with Crippen molar-refractivity contribution < 1.29 is 4.74 Å². The van der Waals surface area contributed by atoms with Crippen molar-refractivity contribution in [2.24, 2.45) is 10.7 Å². The molecule has 0 aliphatic rings. The Bertz CT molecular complexity index is 650. The second-order valence-corrected chi connectivity index (χ2v) is 5.56. The van der Waals surface area contributed by atoms with Crippen LogP contribution in [0.1, 0.15) is 11.1 Å². The van der Waals surface area contributed by atoms with E-state index in [1.807, 2.05) is 36.4 Å². The molecule has 122 valence electrons. The molecule has 2 aromatic carbocycles. The van der Waals surface area contributed by atoms with Crippen LogP contribution in [0.25, 0.3) is 0 Å². The first-order valence-corrected chi connectivity index (χ1v) is 7.51. The van der Waals surface area contributed by atoms with E-state index < -0.39 is 0 Å². The van der Waals surface area contributed by atoms with Gasteiger partial charge in [0.25, 0.3) is 0 Å². The maximum absolute atomic E-state index is 5.97. The summed E-state index contributed by atoms with van der Waals surface area (Å²) in [5.41, 5.74) is 9.30. The van der Waals surface area contributed by atoms with Crippen molar-refractivity contribution in [1.82, 2.24) is 4.90 Å². The maximum Gasteiger partial charge on any atom is 0.193 e. The van der Waals surface area contributed by atoms with Gasteiger partial charge in [-0.25, -0.2) is 4.99 Å². The number of rotatable bonds is 6. The van der Waals surface area contributed by atoms with E-state index in [0.29, 0.717) is 12.5 Å². The van der Waals surface area contributed by atoms with Crippen LogP contribution in [0.15, 0.2) is 53.5 Å². The Morgan fingerprint density at radius 3 is 2.35 bits per heavy atom. The van der Waals surface area contributed by atoms with E-state index in [2.05, 4.69) is 41.4 Å². The number of nitrogens with two attached hydrogens (primary N) is 1. The average molecular weight is 312 g/mol. The van der Waals surface area contributed by atoms with Gasteiger partial charge in [-0.2, -0.15) is 0 Å². The van der Waals surface area contributed by atoms with Crippen LogP contribution in [-0.2, 0) is 13.1 Å². The smallest absolute Gasteiger partial charge is 0.193 e. The van der Waals surface area contributed by atoms with Crippen LogP contribution in [-0.4, -0.2) is 32.1 Å². The number of methoxy groups -OCH3 is 1. The number of aliphatic imine (C=N–C) groups is 1. The monoisotopic (exact) mass is 312 g/mol. The number of nitrogens with one attached hydrogen (secondary N) is 1. The molecule has 2 rings (SSSR count). The zero-order valence-corrected chi connectivity index (χ0v) is 13.9. The summed E-state index contributed by atoms with van der Waals surface area (Å²) in [4.78, 5) is 6.57. The van der Waals surface area contributed by atoms with E-state index in [1.54, 1.807) is 7.11 Å². The molecule has 0 aliphatic heterocycles. The van der Waals surface area contributed by atoms with Crippen molar-refractivity contribution >= 4 is 11.6 Å². The van der Waals surface area contributed by atoms with Gasteiger partial charge in [-0.05, 0) is 49.5 Å². The molecule has 0 atom stereocenters. The number of guanidine groups is 1. The molecule has 5 heteroatoms. The number of hydrogen-bond acceptors (Lipinski definition) is 3. The Kier molecular flexibility index (Phi) is 6.00. The lowest BCUT2D eigenvalue weighted by molar-refractivity contribution is 0.401. The second kappa shape index (κ2) is 8.19. The van der Waals surface area contributed by atoms with Gasteiger partial charge in [-0.3, -0.25) is 0 Å². The van der Waals surface area contributed by atoms with Gasteiger partial charge in [0.15, 0.2) is 5.96 Å². The lowest BCUT2D eigenvalue weighted by Crippen LogP contribution is -2.22. The van der Waals surface area contributed by atoms with Crippen molar-refractivity contribution in [2.75, 3.05) is 26.5 Å². The fraction of sp³-hybridized carbons (Fsp3) is 0.278. The highest BCUT2D eigenvalue weighted by Gasteiger charge is 2.03. The predicted octanol–water partition coefficient (Wildman–Crippen LogP) is 2.68. The molecule has 0 fully saturated rings. The topological polar surface area (TPSA) is 62.9 Å². The molecule has 0 heterocycles. The lowest BCUT2D eigenvalue weighted by atomic mass is 10.1. The summed E-state index contributed by atoms with van der Waals surface area (Å²) in [7, 11) is 5.75. The lowest BCUT2D eigenvalue weighted by Gasteiger charge is -2.13. The molecule has 3 N–H and O–H groups in total. The van der Waals surface area contributed by atoms with E-state index in [0.717, 1.165) is 18.0 Å².